The lowest BCUT2D eigenvalue weighted by Crippen LogP contribution is -2.31. The van der Waals surface area contributed by atoms with E-state index in [9.17, 15) is 13.2 Å². The Morgan fingerprint density at radius 2 is 1.81 bits per heavy atom. The first-order valence-electron chi connectivity index (χ1n) is 8.12. The van der Waals surface area contributed by atoms with E-state index in [2.05, 4.69) is 5.32 Å². The van der Waals surface area contributed by atoms with Crippen molar-refractivity contribution >= 4 is 15.9 Å². The number of hydrogen-bond donors (Lipinski definition) is 3. The summed E-state index contributed by atoms with van der Waals surface area (Å²) >= 11 is 0. The predicted octanol–water partition coefficient (Wildman–Crippen LogP) is 0.688. The Morgan fingerprint density at radius 3 is 2.42 bits per heavy atom. The molecule has 2 rings (SSSR count). The van der Waals surface area contributed by atoms with Crippen molar-refractivity contribution in [3.8, 4) is 0 Å². The Balaban J connectivity index is 2.16. The predicted molar refractivity (Wildman–Crippen MR) is 98.8 cm³/mol. The monoisotopic (exact) mass is 377 g/mol. The summed E-state index contributed by atoms with van der Waals surface area (Å²) in [5, 5.41) is 11.7. The van der Waals surface area contributed by atoms with Crippen molar-refractivity contribution in [2.75, 3.05) is 20.2 Å². The normalized spacial score (nSPS) is 11.5. The lowest BCUT2D eigenvalue weighted by atomic mass is 10.1. The number of benzene rings is 2. The van der Waals surface area contributed by atoms with Crippen molar-refractivity contribution < 1.29 is 18.3 Å². The van der Waals surface area contributed by atoms with E-state index in [1.807, 2.05) is 0 Å². The van der Waals surface area contributed by atoms with Crippen LogP contribution in [0.15, 0.2) is 53.4 Å². The standard InChI is InChI=1S/C18H23N3O4S/c1-21(10-11-22)26(24,25)17-5-3-2-4-16(17)13-20-18(23)15-8-6-14(12-19)7-9-15/h2-9,22H,10-13,19H2,1H3,(H,20,23). The summed E-state index contributed by atoms with van der Waals surface area (Å²) in [4.78, 5) is 12.4. The van der Waals surface area contributed by atoms with Crippen LogP contribution in [-0.4, -0.2) is 43.9 Å². The molecule has 4 N–H and O–H groups in total. The number of nitrogens with two attached hydrogens (primary N) is 1. The van der Waals surface area contributed by atoms with Gasteiger partial charge in [0.05, 0.1) is 11.5 Å². The molecule has 26 heavy (non-hydrogen) atoms. The smallest absolute Gasteiger partial charge is 0.251 e. The van der Waals surface area contributed by atoms with Gasteiger partial charge in [0.25, 0.3) is 5.91 Å². The molecule has 0 aliphatic rings. The Morgan fingerprint density at radius 1 is 1.15 bits per heavy atom. The summed E-state index contributed by atoms with van der Waals surface area (Å²) in [6.07, 6.45) is 0. The number of aliphatic hydroxyl groups is 1. The topological polar surface area (TPSA) is 113 Å². The van der Waals surface area contributed by atoms with E-state index >= 15 is 0 Å². The molecule has 0 fully saturated rings. The van der Waals surface area contributed by atoms with Gasteiger partial charge < -0.3 is 16.2 Å². The van der Waals surface area contributed by atoms with Crippen molar-refractivity contribution in [1.29, 1.82) is 0 Å². The molecule has 2 aromatic carbocycles. The maximum Gasteiger partial charge on any atom is 0.251 e. The molecule has 0 aliphatic heterocycles. The minimum atomic E-state index is -3.75. The number of amides is 1. The van der Waals surface area contributed by atoms with Gasteiger partial charge in [-0.3, -0.25) is 4.79 Å². The van der Waals surface area contributed by atoms with Gasteiger partial charge in [0.2, 0.25) is 10.0 Å². The quantitative estimate of drug-likeness (QED) is 0.626. The van der Waals surface area contributed by atoms with Crippen LogP contribution >= 0.6 is 0 Å². The Hall–Kier alpha value is -2.26. The SMILES string of the molecule is CN(CCO)S(=O)(=O)c1ccccc1CNC(=O)c1ccc(CN)cc1. The van der Waals surface area contributed by atoms with Crippen LogP contribution in [0.5, 0.6) is 0 Å². The highest BCUT2D eigenvalue weighted by Crippen LogP contribution is 2.19. The highest BCUT2D eigenvalue weighted by molar-refractivity contribution is 7.89. The molecule has 0 aliphatic carbocycles. The third kappa shape index (κ3) is 4.67. The fourth-order valence-electron chi connectivity index (χ4n) is 2.40. The van der Waals surface area contributed by atoms with E-state index in [1.54, 1.807) is 42.5 Å². The van der Waals surface area contributed by atoms with Gasteiger partial charge in [0.15, 0.2) is 0 Å². The number of carbonyl (C=O) groups is 1. The molecule has 8 heteroatoms. The van der Waals surface area contributed by atoms with Crippen LogP contribution in [0, 0.1) is 0 Å². The average Bonchev–Trinajstić information content (AvgIpc) is 2.66. The molecule has 0 saturated carbocycles. The number of likely N-dealkylation sites (N-methyl/N-ethyl adjacent to an activating group) is 1. The zero-order valence-electron chi connectivity index (χ0n) is 14.6. The zero-order chi connectivity index (χ0) is 19.2. The van der Waals surface area contributed by atoms with Crippen LogP contribution in [0.4, 0.5) is 0 Å². The second kappa shape index (κ2) is 8.91. The molecule has 0 saturated heterocycles. The van der Waals surface area contributed by atoms with Gasteiger partial charge in [-0.05, 0) is 29.3 Å². The second-order valence-electron chi connectivity index (χ2n) is 5.74. The van der Waals surface area contributed by atoms with Gasteiger partial charge in [0, 0.05) is 32.2 Å². The Bertz CT molecular complexity index is 851. The van der Waals surface area contributed by atoms with Gasteiger partial charge in [-0.25, -0.2) is 8.42 Å². The second-order valence-corrected chi connectivity index (χ2v) is 7.75. The third-order valence-electron chi connectivity index (χ3n) is 3.97. The lowest BCUT2D eigenvalue weighted by Gasteiger charge is -2.18. The fourth-order valence-corrected chi connectivity index (χ4v) is 3.78. The van der Waals surface area contributed by atoms with Gasteiger partial charge in [-0.15, -0.1) is 0 Å². The number of nitrogens with one attached hydrogen (secondary N) is 1. The molecule has 0 heterocycles. The van der Waals surface area contributed by atoms with Crippen molar-refractivity contribution in [2.24, 2.45) is 5.73 Å². The molecular formula is C18H23N3O4S. The molecular weight excluding hydrogens is 354 g/mol. The summed E-state index contributed by atoms with van der Waals surface area (Å²) < 4.78 is 26.3. The number of nitrogens with zero attached hydrogens (tertiary/aromatic N) is 1. The number of hydrogen-bond acceptors (Lipinski definition) is 5. The largest absolute Gasteiger partial charge is 0.395 e. The van der Waals surface area contributed by atoms with Crippen molar-refractivity contribution in [3.05, 3.63) is 65.2 Å². The molecule has 0 bridgehead atoms. The van der Waals surface area contributed by atoms with Crippen LogP contribution in [0.1, 0.15) is 21.5 Å². The van der Waals surface area contributed by atoms with E-state index in [1.165, 1.54) is 13.1 Å². The average molecular weight is 377 g/mol. The summed E-state index contributed by atoms with van der Waals surface area (Å²) in [6, 6.07) is 13.4. The summed E-state index contributed by atoms with van der Waals surface area (Å²) in [5.41, 5.74) is 7.41. The molecule has 0 radical (unpaired) electrons. The fraction of sp³-hybridized carbons (Fsp3) is 0.278. The van der Waals surface area contributed by atoms with Crippen LogP contribution in [0.3, 0.4) is 0 Å². The van der Waals surface area contributed by atoms with E-state index in [0.29, 0.717) is 17.7 Å². The highest BCUT2D eigenvalue weighted by atomic mass is 32.2. The van der Waals surface area contributed by atoms with E-state index < -0.39 is 10.0 Å². The van der Waals surface area contributed by atoms with Gasteiger partial charge in [-0.1, -0.05) is 30.3 Å². The Labute approximate surface area is 153 Å². The minimum absolute atomic E-state index is 0.00345. The summed E-state index contributed by atoms with van der Waals surface area (Å²) in [6.45, 7) is 0.193. The Kier molecular flexibility index (Phi) is 6.87. The first-order chi connectivity index (χ1) is 12.4. The molecule has 0 atom stereocenters. The molecule has 1 amide bonds. The highest BCUT2D eigenvalue weighted by Gasteiger charge is 2.23. The van der Waals surface area contributed by atoms with E-state index in [0.717, 1.165) is 9.87 Å². The van der Waals surface area contributed by atoms with Gasteiger partial charge in [-0.2, -0.15) is 4.31 Å². The number of sulfonamides is 1. The van der Waals surface area contributed by atoms with Crippen molar-refractivity contribution in [1.82, 2.24) is 9.62 Å². The molecule has 0 unspecified atom stereocenters. The molecule has 2 aromatic rings. The maximum absolute atomic E-state index is 12.6. The first-order valence-corrected chi connectivity index (χ1v) is 9.56. The van der Waals surface area contributed by atoms with Crippen LogP contribution in [0.2, 0.25) is 0 Å². The van der Waals surface area contributed by atoms with Crippen LogP contribution in [-0.2, 0) is 23.1 Å². The van der Waals surface area contributed by atoms with E-state index in [-0.39, 0.29) is 30.5 Å². The van der Waals surface area contributed by atoms with E-state index in [4.69, 9.17) is 10.8 Å². The molecule has 0 aromatic heterocycles. The first kappa shape index (κ1) is 20.1. The minimum Gasteiger partial charge on any atom is -0.395 e. The molecule has 7 nitrogen and oxygen atoms in total. The van der Waals surface area contributed by atoms with Gasteiger partial charge >= 0.3 is 0 Å². The van der Waals surface area contributed by atoms with Crippen LogP contribution < -0.4 is 11.1 Å². The number of rotatable bonds is 8. The number of carbonyl (C=O) groups excluding carboxylic acids is 1. The number of aliphatic hydroxyl groups excluding tert-OH is 1. The van der Waals surface area contributed by atoms with Crippen molar-refractivity contribution in [2.45, 2.75) is 18.0 Å². The molecule has 0 spiro atoms. The lowest BCUT2D eigenvalue weighted by molar-refractivity contribution is 0.0950. The molecule has 140 valence electrons. The van der Waals surface area contributed by atoms with Gasteiger partial charge in [0.1, 0.15) is 0 Å². The van der Waals surface area contributed by atoms with Crippen LogP contribution in [0.25, 0.3) is 0 Å². The van der Waals surface area contributed by atoms with Crippen molar-refractivity contribution in [3.63, 3.8) is 0 Å². The maximum atomic E-state index is 12.6. The zero-order valence-corrected chi connectivity index (χ0v) is 15.4. The third-order valence-corrected chi connectivity index (χ3v) is 5.92. The summed E-state index contributed by atoms with van der Waals surface area (Å²) in [5.74, 6) is -0.301. The summed E-state index contributed by atoms with van der Waals surface area (Å²) in [7, 11) is -2.34.